The Bertz CT molecular complexity index is 1100. The largest absolute Gasteiger partial charge is 0.296 e. The van der Waals surface area contributed by atoms with Gasteiger partial charge in [0.15, 0.2) is 4.34 Å². The number of aromatic nitrogens is 2. The van der Waals surface area contributed by atoms with Crippen LogP contribution >= 0.6 is 23.1 Å². The second-order valence-corrected chi connectivity index (χ2v) is 8.00. The number of nitrogens with zero attached hydrogens (tertiary/aromatic N) is 2. The number of hydrogen-bond donors (Lipinski definition) is 1. The zero-order chi connectivity index (χ0) is 18.6. The molecule has 0 bridgehead atoms. The lowest BCUT2D eigenvalue weighted by molar-refractivity contribution is 0.102. The van der Waals surface area contributed by atoms with Crippen LogP contribution in [0.3, 0.4) is 0 Å². The molecule has 0 unspecified atom stereocenters. The molecule has 1 aromatic heterocycles. The number of amides is 1. The van der Waals surface area contributed by atoms with Gasteiger partial charge < -0.3 is 0 Å². The molecule has 7 heteroatoms. The minimum absolute atomic E-state index is 0.216. The van der Waals surface area contributed by atoms with Gasteiger partial charge in [0, 0.05) is 11.3 Å². The standard InChI is InChI=1S/C20H14FN3OS2/c21-17-9-5-13(6-10-17)12-26-20-24-23-19(27-20)22-18(25)16-8-7-14-3-1-2-4-15(14)11-16/h1-11H,12H2,(H,22,23,25). The number of nitrogens with one attached hydrogen (secondary N) is 1. The molecule has 134 valence electrons. The van der Waals surface area contributed by atoms with Crippen molar-refractivity contribution in [1.82, 2.24) is 10.2 Å². The number of halogens is 1. The summed E-state index contributed by atoms with van der Waals surface area (Å²) < 4.78 is 13.7. The Kier molecular flexibility index (Phi) is 5.13. The lowest BCUT2D eigenvalue weighted by Gasteiger charge is -2.03. The maximum atomic E-state index is 12.9. The summed E-state index contributed by atoms with van der Waals surface area (Å²) in [7, 11) is 0. The lowest BCUT2D eigenvalue weighted by atomic mass is 10.1. The van der Waals surface area contributed by atoms with Crippen molar-refractivity contribution in [2.24, 2.45) is 0 Å². The van der Waals surface area contributed by atoms with Crippen LogP contribution in [0.25, 0.3) is 10.8 Å². The first-order valence-electron chi connectivity index (χ1n) is 8.18. The third kappa shape index (κ3) is 4.32. The number of anilines is 1. The van der Waals surface area contributed by atoms with Crippen molar-refractivity contribution >= 4 is 44.9 Å². The van der Waals surface area contributed by atoms with Gasteiger partial charge in [0.1, 0.15) is 5.82 Å². The van der Waals surface area contributed by atoms with E-state index in [9.17, 15) is 9.18 Å². The van der Waals surface area contributed by atoms with Gasteiger partial charge >= 0.3 is 0 Å². The third-order valence-electron chi connectivity index (χ3n) is 3.91. The average Bonchev–Trinajstić information content (AvgIpc) is 3.14. The van der Waals surface area contributed by atoms with Crippen molar-refractivity contribution in [2.45, 2.75) is 10.1 Å². The molecule has 3 aromatic carbocycles. The summed E-state index contributed by atoms with van der Waals surface area (Å²) in [4.78, 5) is 12.5. The number of hydrogen-bond acceptors (Lipinski definition) is 5. The zero-order valence-corrected chi connectivity index (χ0v) is 15.7. The van der Waals surface area contributed by atoms with Gasteiger partial charge in [-0.25, -0.2) is 4.39 Å². The fourth-order valence-corrected chi connectivity index (χ4v) is 4.25. The summed E-state index contributed by atoms with van der Waals surface area (Å²) in [5.41, 5.74) is 1.57. The average molecular weight is 395 g/mol. The van der Waals surface area contributed by atoms with Gasteiger partial charge in [-0.1, -0.05) is 65.6 Å². The Balaban J connectivity index is 1.40. The number of carbonyl (C=O) groups excluding carboxylic acids is 1. The highest BCUT2D eigenvalue weighted by Gasteiger charge is 2.11. The van der Waals surface area contributed by atoms with E-state index in [1.165, 1.54) is 35.2 Å². The highest BCUT2D eigenvalue weighted by molar-refractivity contribution is 8.00. The molecular formula is C20H14FN3OS2. The van der Waals surface area contributed by atoms with Crippen molar-refractivity contribution in [3.05, 3.63) is 83.7 Å². The van der Waals surface area contributed by atoms with Gasteiger partial charge in [-0.15, -0.1) is 10.2 Å². The molecule has 1 N–H and O–H groups in total. The minimum atomic E-state index is -0.252. The molecule has 0 saturated carbocycles. The first-order valence-corrected chi connectivity index (χ1v) is 9.98. The molecule has 0 spiro atoms. The second kappa shape index (κ2) is 7.85. The van der Waals surface area contributed by atoms with Crippen LogP contribution in [0.5, 0.6) is 0 Å². The SMILES string of the molecule is O=C(Nc1nnc(SCc2ccc(F)cc2)s1)c1ccc2ccccc2c1. The highest BCUT2D eigenvalue weighted by atomic mass is 32.2. The van der Waals surface area contributed by atoms with Crippen LogP contribution in [0.4, 0.5) is 9.52 Å². The molecule has 0 fully saturated rings. The van der Waals surface area contributed by atoms with Crippen molar-refractivity contribution in [1.29, 1.82) is 0 Å². The Labute approximate surface area is 163 Å². The predicted molar refractivity (Wildman–Crippen MR) is 108 cm³/mol. The molecule has 0 saturated heterocycles. The monoisotopic (exact) mass is 395 g/mol. The first kappa shape index (κ1) is 17.6. The molecular weight excluding hydrogens is 381 g/mol. The quantitative estimate of drug-likeness (QED) is 0.364. The van der Waals surface area contributed by atoms with E-state index in [1.807, 2.05) is 36.4 Å². The van der Waals surface area contributed by atoms with Gasteiger partial charge in [0.05, 0.1) is 0 Å². The number of fused-ring (bicyclic) bond motifs is 1. The number of carbonyl (C=O) groups is 1. The number of thioether (sulfide) groups is 1. The molecule has 0 aliphatic rings. The van der Waals surface area contributed by atoms with Crippen LogP contribution in [0, 0.1) is 5.82 Å². The smallest absolute Gasteiger partial charge is 0.257 e. The van der Waals surface area contributed by atoms with Crippen LogP contribution in [-0.2, 0) is 5.75 Å². The maximum absolute atomic E-state index is 12.9. The minimum Gasteiger partial charge on any atom is -0.296 e. The predicted octanol–water partition coefficient (Wildman–Crippen LogP) is 5.38. The molecule has 4 rings (SSSR count). The van der Waals surface area contributed by atoms with Crippen molar-refractivity contribution in [2.75, 3.05) is 5.32 Å². The van der Waals surface area contributed by atoms with Crippen LogP contribution in [0.2, 0.25) is 0 Å². The summed E-state index contributed by atoms with van der Waals surface area (Å²) in [6, 6.07) is 19.8. The van der Waals surface area contributed by atoms with Gasteiger partial charge in [0.25, 0.3) is 5.91 Å². The molecule has 0 atom stereocenters. The van der Waals surface area contributed by atoms with Gasteiger partial charge in [-0.2, -0.15) is 0 Å². The number of benzene rings is 3. The highest BCUT2D eigenvalue weighted by Crippen LogP contribution is 2.28. The Hall–Kier alpha value is -2.77. The van der Waals surface area contributed by atoms with E-state index in [1.54, 1.807) is 18.2 Å². The van der Waals surface area contributed by atoms with E-state index in [0.717, 1.165) is 20.7 Å². The molecule has 1 amide bonds. The van der Waals surface area contributed by atoms with E-state index in [0.29, 0.717) is 16.4 Å². The topological polar surface area (TPSA) is 54.9 Å². The fourth-order valence-electron chi connectivity index (χ4n) is 2.54. The maximum Gasteiger partial charge on any atom is 0.257 e. The second-order valence-electron chi connectivity index (χ2n) is 5.80. The summed E-state index contributed by atoms with van der Waals surface area (Å²) in [6.45, 7) is 0. The lowest BCUT2D eigenvalue weighted by Crippen LogP contribution is -2.11. The van der Waals surface area contributed by atoms with Gasteiger partial charge in [0.2, 0.25) is 5.13 Å². The fraction of sp³-hybridized carbons (Fsp3) is 0.0500. The number of rotatable bonds is 5. The molecule has 0 radical (unpaired) electrons. The van der Waals surface area contributed by atoms with E-state index < -0.39 is 0 Å². The van der Waals surface area contributed by atoms with E-state index in [-0.39, 0.29) is 11.7 Å². The summed E-state index contributed by atoms with van der Waals surface area (Å²) in [5.74, 6) is 0.193. The zero-order valence-electron chi connectivity index (χ0n) is 14.1. The summed E-state index contributed by atoms with van der Waals surface area (Å²) in [5, 5.41) is 13.5. The molecule has 1 heterocycles. The molecule has 27 heavy (non-hydrogen) atoms. The van der Waals surface area contributed by atoms with Crippen LogP contribution < -0.4 is 5.32 Å². The van der Waals surface area contributed by atoms with Crippen molar-refractivity contribution in [3.8, 4) is 0 Å². The molecule has 0 aliphatic heterocycles. The van der Waals surface area contributed by atoms with Crippen molar-refractivity contribution < 1.29 is 9.18 Å². The van der Waals surface area contributed by atoms with E-state index >= 15 is 0 Å². The summed E-state index contributed by atoms with van der Waals surface area (Å²) in [6.07, 6.45) is 0. The Morgan fingerprint density at radius 3 is 2.59 bits per heavy atom. The van der Waals surface area contributed by atoms with Gasteiger partial charge in [-0.05, 0) is 40.6 Å². The third-order valence-corrected chi connectivity index (χ3v) is 5.96. The van der Waals surface area contributed by atoms with Crippen LogP contribution in [0.15, 0.2) is 71.1 Å². The van der Waals surface area contributed by atoms with E-state index in [2.05, 4.69) is 15.5 Å². The molecule has 4 aromatic rings. The van der Waals surface area contributed by atoms with Crippen LogP contribution in [-0.4, -0.2) is 16.1 Å². The normalized spacial score (nSPS) is 10.9. The van der Waals surface area contributed by atoms with Crippen molar-refractivity contribution in [3.63, 3.8) is 0 Å². The van der Waals surface area contributed by atoms with Gasteiger partial charge in [-0.3, -0.25) is 10.1 Å². The first-order chi connectivity index (χ1) is 13.2. The Morgan fingerprint density at radius 2 is 1.78 bits per heavy atom. The van der Waals surface area contributed by atoms with E-state index in [4.69, 9.17) is 0 Å². The summed E-state index contributed by atoms with van der Waals surface area (Å²) >= 11 is 2.81. The molecule has 0 aliphatic carbocycles. The molecule has 4 nitrogen and oxygen atoms in total. The Morgan fingerprint density at radius 1 is 1.00 bits per heavy atom. The van der Waals surface area contributed by atoms with Crippen LogP contribution in [0.1, 0.15) is 15.9 Å².